The quantitative estimate of drug-likeness (QED) is 0.199. The Labute approximate surface area is 168 Å². The fraction of sp³-hybridized carbons (Fsp3) is 1.00. The van der Waals surface area contributed by atoms with E-state index in [1.807, 2.05) is 0 Å². The topological polar surface area (TPSA) is 0 Å². The van der Waals surface area contributed by atoms with E-state index in [0.717, 1.165) is 23.7 Å². The summed E-state index contributed by atoms with van der Waals surface area (Å²) in [5.74, 6) is 3.79. The molecule has 0 N–H and O–H groups in total. The maximum absolute atomic E-state index is 2.48. The van der Waals surface area contributed by atoms with Crippen molar-refractivity contribution in [3.05, 3.63) is 0 Å². The van der Waals surface area contributed by atoms with Crippen LogP contribution in [0.25, 0.3) is 0 Å². The highest BCUT2D eigenvalue weighted by Gasteiger charge is 2.06. The Balaban J connectivity index is 3.39. The molecule has 158 valence electrons. The summed E-state index contributed by atoms with van der Waals surface area (Å²) < 4.78 is 0. The Hall–Kier alpha value is 0. The zero-order valence-electron chi connectivity index (χ0n) is 19.6. The van der Waals surface area contributed by atoms with E-state index in [9.17, 15) is 0 Å². The highest BCUT2D eigenvalue weighted by atomic mass is 14.1. The van der Waals surface area contributed by atoms with E-state index < -0.39 is 0 Å². The van der Waals surface area contributed by atoms with Gasteiger partial charge in [0.15, 0.2) is 0 Å². The summed E-state index contributed by atoms with van der Waals surface area (Å²) in [4.78, 5) is 0. The second-order valence-corrected chi connectivity index (χ2v) is 9.82. The van der Waals surface area contributed by atoms with Gasteiger partial charge in [-0.3, -0.25) is 0 Å². The molecule has 0 heterocycles. The summed E-state index contributed by atoms with van der Waals surface area (Å²) in [7, 11) is 0. The van der Waals surface area contributed by atoms with Gasteiger partial charge < -0.3 is 0 Å². The molecule has 0 rings (SSSR count). The molecule has 0 fully saturated rings. The lowest BCUT2D eigenvalue weighted by molar-refractivity contribution is 0.388. The minimum Gasteiger partial charge on any atom is -0.0654 e. The fourth-order valence-electron chi connectivity index (χ4n) is 4.27. The number of unbranched alkanes of at least 4 members (excludes halogenated alkanes) is 4. The van der Waals surface area contributed by atoms with Gasteiger partial charge >= 0.3 is 0 Å². The molecule has 0 saturated heterocycles. The van der Waals surface area contributed by atoms with Gasteiger partial charge in [0, 0.05) is 0 Å². The molecule has 0 heteroatoms. The molecule has 0 spiro atoms. The molecular weight excluding hydrogens is 312 g/mol. The Morgan fingerprint density at radius 2 is 0.731 bits per heavy atom. The molecule has 4 unspecified atom stereocenters. The third kappa shape index (κ3) is 17.4. The first-order valence-corrected chi connectivity index (χ1v) is 12.5. The Bertz CT molecular complexity index is 269. The Morgan fingerprint density at radius 3 is 1.12 bits per heavy atom. The van der Waals surface area contributed by atoms with Crippen molar-refractivity contribution in [2.45, 2.75) is 144 Å². The molecule has 0 saturated carbocycles. The molecule has 0 amide bonds. The average molecular weight is 367 g/mol. The van der Waals surface area contributed by atoms with E-state index >= 15 is 0 Å². The first-order chi connectivity index (χ1) is 12.5. The number of rotatable bonds is 19. The van der Waals surface area contributed by atoms with E-state index in [2.05, 4.69) is 41.5 Å². The van der Waals surface area contributed by atoms with Crippen LogP contribution in [0.1, 0.15) is 144 Å². The zero-order valence-corrected chi connectivity index (χ0v) is 19.6. The van der Waals surface area contributed by atoms with Crippen LogP contribution in [0.3, 0.4) is 0 Å². The van der Waals surface area contributed by atoms with Crippen LogP contribution in [-0.4, -0.2) is 0 Å². The maximum atomic E-state index is 2.48. The molecule has 0 nitrogen and oxygen atoms in total. The van der Waals surface area contributed by atoms with Crippen molar-refractivity contribution < 1.29 is 0 Å². The lowest BCUT2D eigenvalue weighted by Gasteiger charge is -2.14. The summed E-state index contributed by atoms with van der Waals surface area (Å²) in [5.41, 5.74) is 0. The van der Waals surface area contributed by atoms with Crippen LogP contribution < -0.4 is 0 Å². The van der Waals surface area contributed by atoms with Crippen molar-refractivity contribution in [2.75, 3.05) is 0 Å². The van der Waals surface area contributed by atoms with Crippen molar-refractivity contribution in [1.82, 2.24) is 0 Å². The van der Waals surface area contributed by atoms with E-state index in [0.29, 0.717) is 0 Å². The standard InChI is InChI=1S/C26H54/c1-7-16-24(4)21-15-22-26(6)20-14-10-13-19-25(5)18-12-9-11-17-23(3)8-2/h23-26H,7-22H2,1-6H3. The van der Waals surface area contributed by atoms with Gasteiger partial charge in [-0.05, 0) is 23.7 Å². The summed E-state index contributed by atoms with van der Waals surface area (Å²) >= 11 is 0. The van der Waals surface area contributed by atoms with Crippen LogP contribution in [0.5, 0.6) is 0 Å². The predicted octanol–water partition coefficient (Wildman–Crippen LogP) is 9.81. The SMILES string of the molecule is CCCC(C)CCCC(C)CCCCCC(C)CCCCCC(C)CC. The van der Waals surface area contributed by atoms with Gasteiger partial charge in [0.2, 0.25) is 0 Å². The molecule has 4 atom stereocenters. The number of hydrogen-bond acceptors (Lipinski definition) is 0. The Morgan fingerprint density at radius 1 is 0.385 bits per heavy atom. The van der Waals surface area contributed by atoms with Crippen molar-refractivity contribution in [3.8, 4) is 0 Å². The second-order valence-electron chi connectivity index (χ2n) is 9.82. The molecule has 0 bridgehead atoms. The molecule has 0 aromatic heterocycles. The summed E-state index contributed by atoms with van der Waals surface area (Å²) in [5, 5.41) is 0. The summed E-state index contributed by atoms with van der Waals surface area (Å²) in [6.07, 6.45) is 23.1. The Kier molecular flexibility index (Phi) is 18.4. The van der Waals surface area contributed by atoms with Crippen molar-refractivity contribution in [1.29, 1.82) is 0 Å². The third-order valence-electron chi connectivity index (χ3n) is 6.66. The van der Waals surface area contributed by atoms with Gasteiger partial charge in [0.1, 0.15) is 0 Å². The molecule has 0 aromatic rings. The van der Waals surface area contributed by atoms with E-state index in [-0.39, 0.29) is 0 Å². The molecule has 0 aromatic carbocycles. The van der Waals surface area contributed by atoms with Gasteiger partial charge in [-0.15, -0.1) is 0 Å². The third-order valence-corrected chi connectivity index (χ3v) is 6.66. The van der Waals surface area contributed by atoms with Crippen LogP contribution in [0.4, 0.5) is 0 Å². The summed E-state index contributed by atoms with van der Waals surface area (Å²) in [6.45, 7) is 14.4. The predicted molar refractivity (Wildman–Crippen MR) is 122 cm³/mol. The lowest BCUT2D eigenvalue weighted by atomic mass is 9.92. The van der Waals surface area contributed by atoms with Gasteiger partial charge in [-0.25, -0.2) is 0 Å². The molecule has 0 aliphatic heterocycles. The molecular formula is C26H54. The molecule has 26 heavy (non-hydrogen) atoms. The minimum absolute atomic E-state index is 0.939. The first kappa shape index (κ1) is 26.0. The molecule has 0 aliphatic rings. The van der Waals surface area contributed by atoms with Crippen LogP contribution in [-0.2, 0) is 0 Å². The largest absolute Gasteiger partial charge is 0.0654 e. The monoisotopic (exact) mass is 366 g/mol. The van der Waals surface area contributed by atoms with Gasteiger partial charge in [-0.1, -0.05) is 144 Å². The van der Waals surface area contributed by atoms with Crippen molar-refractivity contribution >= 4 is 0 Å². The molecule has 0 radical (unpaired) electrons. The normalized spacial score (nSPS) is 16.4. The van der Waals surface area contributed by atoms with Crippen LogP contribution >= 0.6 is 0 Å². The van der Waals surface area contributed by atoms with Crippen molar-refractivity contribution in [3.63, 3.8) is 0 Å². The van der Waals surface area contributed by atoms with Crippen LogP contribution in [0.2, 0.25) is 0 Å². The van der Waals surface area contributed by atoms with E-state index in [4.69, 9.17) is 0 Å². The first-order valence-electron chi connectivity index (χ1n) is 12.5. The lowest BCUT2D eigenvalue weighted by Crippen LogP contribution is -1.99. The number of hydrogen-bond donors (Lipinski definition) is 0. The van der Waals surface area contributed by atoms with Crippen LogP contribution in [0, 0.1) is 23.7 Å². The van der Waals surface area contributed by atoms with E-state index in [1.54, 1.807) is 0 Å². The minimum atomic E-state index is 0.939. The maximum Gasteiger partial charge on any atom is -0.0443 e. The van der Waals surface area contributed by atoms with Crippen LogP contribution in [0.15, 0.2) is 0 Å². The van der Waals surface area contributed by atoms with Gasteiger partial charge in [0.25, 0.3) is 0 Å². The highest BCUT2D eigenvalue weighted by Crippen LogP contribution is 2.22. The van der Waals surface area contributed by atoms with Crippen molar-refractivity contribution in [2.24, 2.45) is 23.7 Å². The van der Waals surface area contributed by atoms with Gasteiger partial charge in [0.05, 0.1) is 0 Å². The highest BCUT2D eigenvalue weighted by molar-refractivity contribution is 4.60. The second kappa shape index (κ2) is 18.4. The fourth-order valence-corrected chi connectivity index (χ4v) is 4.27. The zero-order chi connectivity index (χ0) is 19.6. The average Bonchev–Trinajstić information content (AvgIpc) is 2.61. The smallest absolute Gasteiger partial charge is 0.0443 e. The molecule has 0 aliphatic carbocycles. The summed E-state index contributed by atoms with van der Waals surface area (Å²) in [6, 6.07) is 0. The van der Waals surface area contributed by atoms with E-state index in [1.165, 1.54) is 103 Å². The van der Waals surface area contributed by atoms with Gasteiger partial charge in [-0.2, -0.15) is 0 Å².